The van der Waals surface area contributed by atoms with E-state index in [1.54, 1.807) is 30.3 Å². The molecular formula is C17H17N7O5. The van der Waals surface area contributed by atoms with E-state index in [0.717, 1.165) is 0 Å². The van der Waals surface area contributed by atoms with Crippen LogP contribution in [0.5, 0.6) is 5.88 Å². The number of nitrogens with zero attached hydrogens (tertiary/aromatic N) is 4. The monoisotopic (exact) mass is 399 g/mol. The molecule has 1 aromatic carbocycles. The summed E-state index contributed by atoms with van der Waals surface area (Å²) in [7, 11) is 1.20. The average molecular weight is 399 g/mol. The molecule has 0 saturated heterocycles. The molecule has 3 N–H and O–H groups in total. The number of hydrogen-bond donors (Lipinski definition) is 3. The van der Waals surface area contributed by atoms with E-state index in [1.807, 2.05) is 6.92 Å². The number of ether oxygens (including phenoxy) is 1. The Balaban J connectivity index is 1.89. The number of carbonyl (C=O) groups excluding carboxylic acids is 2. The van der Waals surface area contributed by atoms with Crippen LogP contribution in [-0.2, 0) is 6.54 Å². The lowest BCUT2D eigenvalue weighted by atomic mass is 10.2. The van der Waals surface area contributed by atoms with Crippen molar-refractivity contribution in [2.75, 3.05) is 17.7 Å². The maximum atomic E-state index is 12.6. The minimum absolute atomic E-state index is 0.0433. The van der Waals surface area contributed by atoms with E-state index in [2.05, 4.69) is 25.9 Å². The molecule has 3 rings (SSSR count). The van der Waals surface area contributed by atoms with Gasteiger partial charge in [0.1, 0.15) is 0 Å². The van der Waals surface area contributed by atoms with Crippen LogP contribution in [0.4, 0.5) is 17.1 Å². The quantitative estimate of drug-likeness (QED) is 0.405. The first-order valence-electron chi connectivity index (χ1n) is 8.46. The van der Waals surface area contributed by atoms with Gasteiger partial charge in [-0.1, -0.05) is 18.2 Å². The van der Waals surface area contributed by atoms with Crippen molar-refractivity contribution in [1.82, 2.24) is 20.0 Å². The maximum Gasteiger partial charge on any atom is 0.362 e. The first-order chi connectivity index (χ1) is 13.9. The van der Waals surface area contributed by atoms with Gasteiger partial charge in [0.15, 0.2) is 5.69 Å². The van der Waals surface area contributed by atoms with Crippen molar-refractivity contribution in [2.24, 2.45) is 0 Å². The molecule has 0 atom stereocenters. The van der Waals surface area contributed by atoms with Crippen LogP contribution in [0.25, 0.3) is 0 Å². The number of anilines is 2. The molecule has 0 aliphatic rings. The van der Waals surface area contributed by atoms with E-state index in [0.29, 0.717) is 12.2 Å². The molecule has 2 heterocycles. The molecular weight excluding hydrogens is 382 g/mol. The van der Waals surface area contributed by atoms with Gasteiger partial charge in [0.05, 0.1) is 17.7 Å². The molecule has 0 unspecified atom stereocenters. The van der Waals surface area contributed by atoms with E-state index in [9.17, 15) is 19.7 Å². The minimum atomic E-state index is -0.864. The van der Waals surface area contributed by atoms with Gasteiger partial charge in [-0.3, -0.25) is 29.5 Å². The summed E-state index contributed by atoms with van der Waals surface area (Å²) < 4.78 is 6.25. The summed E-state index contributed by atoms with van der Waals surface area (Å²) in [5.74, 6) is -1.74. The van der Waals surface area contributed by atoms with E-state index in [4.69, 9.17) is 4.74 Å². The number of hydrogen-bond acceptors (Lipinski definition) is 7. The Morgan fingerprint density at radius 2 is 1.97 bits per heavy atom. The number of aromatic nitrogens is 4. The smallest absolute Gasteiger partial charge is 0.362 e. The normalized spacial score (nSPS) is 10.4. The second-order valence-electron chi connectivity index (χ2n) is 5.73. The molecule has 29 heavy (non-hydrogen) atoms. The third-order valence-electron chi connectivity index (χ3n) is 3.89. The number of para-hydroxylation sites is 1. The number of methoxy groups -OCH3 is 1. The highest BCUT2D eigenvalue weighted by molar-refractivity contribution is 6.12. The van der Waals surface area contributed by atoms with E-state index in [1.165, 1.54) is 18.0 Å². The standard InChI is InChI=1S/C17H17N7O5/c1-3-23-9-11(12(22-23)15(25)18-10-7-5-4-6-8-10)19-16(26)13-14(24(27)28)17(29-2)21-20-13/h4-9H,3H2,1-2H3,(H,18,25)(H,19,26)(H,20,21). The van der Waals surface area contributed by atoms with Gasteiger partial charge < -0.3 is 15.4 Å². The number of amides is 2. The molecule has 3 aromatic rings. The number of aryl methyl sites for hydroxylation is 1. The third kappa shape index (κ3) is 4.05. The summed E-state index contributed by atoms with van der Waals surface area (Å²) in [5.41, 5.74) is -0.421. The topological polar surface area (TPSA) is 157 Å². The zero-order valence-electron chi connectivity index (χ0n) is 15.5. The van der Waals surface area contributed by atoms with Crippen LogP contribution >= 0.6 is 0 Å². The summed E-state index contributed by atoms with van der Waals surface area (Å²) in [4.78, 5) is 35.7. The summed E-state index contributed by atoms with van der Waals surface area (Å²) in [5, 5.41) is 26.4. The number of rotatable bonds is 7. The fourth-order valence-electron chi connectivity index (χ4n) is 2.53. The number of H-pyrrole nitrogens is 1. The molecule has 0 aliphatic heterocycles. The molecule has 12 heteroatoms. The van der Waals surface area contributed by atoms with Crippen LogP contribution in [0, 0.1) is 10.1 Å². The molecule has 150 valence electrons. The SMILES string of the molecule is CCn1cc(NC(=O)c2[nH]nc(OC)c2[N+](=O)[O-])c(C(=O)Nc2ccccc2)n1. The van der Waals surface area contributed by atoms with Crippen molar-refractivity contribution in [3.05, 3.63) is 58.0 Å². The van der Waals surface area contributed by atoms with Gasteiger partial charge in [-0.25, -0.2) is 0 Å². The zero-order chi connectivity index (χ0) is 21.0. The summed E-state index contributed by atoms with van der Waals surface area (Å²) >= 11 is 0. The highest BCUT2D eigenvalue weighted by Gasteiger charge is 2.31. The minimum Gasteiger partial charge on any atom is -0.475 e. The molecule has 0 saturated carbocycles. The first kappa shape index (κ1) is 19.5. The molecule has 12 nitrogen and oxygen atoms in total. The molecule has 0 aliphatic carbocycles. The largest absolute Gasteiger partial charge is 0.475 e. The Morgan fingerprint density at radius 3 is 2.59 bits per heavy atom. The van der Waals surface area contributed by atoms with Crippen molar-refractivity contribution in [3.63, 3.8) is 0 Å². The van der Waals surface area contributed by atoms with Crippen LogP contribution in [0.1, 0.15) is 27.9 Å². The van der Waals surface area contributed by atoms with Gasteiger partial charge in [0.25, 0.3) is 11.8 Å². The highest BCUT2D eigenvalue weighted by Crippen LogP contribution is 2.28. The Hall–Kier alpha value is -4.22. The van der Waals surface area contributed by atoms with Crippen molar-refractivity contribution in [2.45, 2.75) is 13.5 Å². The van der Waals surface area contributed by atoms with Gasteiger partial charge in [0.2, 0.25) is 5.69 Å². The lowest BCUT2D eigenvalue weighted by Crippen LogP contribution is -2.19. The molecule has 0 spiro atoms. The van der Waals surface area contributed by atoms with Crippen LogP contribution in [-0.4, -0.2) is 43.8 Å². The Bertz CT molecular complexity index is 1060. The zero-order valence-corrected chi connectivity index (χ0v) is 15.5. The lowest BCUT2D eigenvalue weighted by Gasteiger charge is -2.05. The predicted molar refractivity (Wildman–Crippen MR) is 102 cm³/mol. The molecule has 0 bridgehead atoms. The number of carbonyl (C=O) groups is 2. The van der Waals surface area contributed by atoms with Gasteiger partial charge in [-0.05, 0) is 19.1 Å². The second-order valence-corrected chi connectivity index (χ2v) is 5.73. The van der Waals surface area contributed by atoms with Gasteiger partial charge >= 0.3 is 11.6 Å². The number of aromatic amines is 1. The molecule has 2 aromatic heterocycles. The van der Waals surface area contributed by atoms with Crippen LogP contribution < -0.4 is 15.4 Å². The van der Waals surface area contributed by atoms with Crippen molar-refractivity contribution in [3.8, 4) is 5.88 Å². The first-order valence-corrected chi connectivity index (χ1v) is 8.46. The molecule has 2 amide bonds. The van der Waals surface area contributed by atoms with E-state index < -0.39 is 28.1 Å². The average Bonchev–Trinajstić information content (AvgIpc) is 3.32. The maximum absolute atomic E-state index is 12.6. The van der Waals surface area contributed by atoms with Gasteiger partial charge in [-0.15, -0.1) is 5.10 Å². The Labute approximate surface area is 164 Å². The van der Waals surface area contributed by atoms with Crippen LogP contribution in [0.3, 0.4) is 0 Å². The number of benzene rings is 1. The lowest BCUT2D eigenvalue weighted by molar-refractivity contribution is -0.386. The van der Waals surface area contributed by atoms with Gasteiger partial charge in [-0.2, -0.15) is 5.10 Å². The Kier molecular flexibility index (Phi) is 5.53. The predicted octanol–water partition coefficient (Wildman–Crippen LogP) is 2.05. The van der Waals surface area contributed by atoms with Crippen LogP contribution in [0.2, 0.25) is 0 Å². The summed E-state index contributed by atoms with van der Waals surface area (Å²) in [6.45, 7) is 2.25. The van der Waals surface area contributed by atoms with E-state index in [-0.39, 0.29) is 17.3 Å². The van der Waals surface area contributed by atoms with Gasteiger partial charge in [0, 0.05) is 18.4 Å². The summed E-state index contributed by atoms with van der Waals surface area (Å²) in [6, 6.07) is 8.72. The van der Waals surface area contributed by atoms with Crippen molar-refractivity contribution < 1.29 is 19.2 Å². The fourth-order valence-corrected chi connectivity index (χ4v) is 2.53. The third-order valence-corrected chi connectivity index (χ3v) is 3.89. The number of nitro groups is 1. The highest BCUT2D eigenvalue weighted by atomic mass is 16.6. The fraction of sp³-hybridized carbons (Fsp3) is 0.176. The molecule has 0 radical (unpaired) electrons. The second kappa shape index (κ2) is 8.21. The van der Waals surface area contributed by atoms with Crippen molar-refractivity contribution in [1.29, 1.82) is 0 Å². The Morgan fingerprint density at radius 1 is 1.24 bits per heavy atom. The molecule has 0 fully saturated rings. The summed E-state index contributed by atoms with van der Waals surface area (Å²) in [6.07, 6.45) is 1.46. The van der Waals surface area contributed by atoms with Crippen molar-refractivity contribution >= 4 is 28.9 Å². The number of nitrogens with one attached hydrogen (secondary N) is 3. The van der Waals surface area contributed by atoms with Crippen LogP contribution in [0.15, 0.2) is 36.5 Å². The van der Waals surface area contributed by atoms with E-state index >= 15 is 0 Å².